The van der Waals surface area contributed by atoms with Gasteiger partial charge < -0.3 is 15.6 Å². The lowest BCUT2D eigenvalue weighted by Gasteiger charge is -2.24. The van der Waals surface area contributed by atoms with Crippen LogP contribution in [0.5, 0.6) is 5.75 Å². The van der Waals surface area contributed by atoms with Crippen molar-refractivity contribution in [2.24, 2.45) is 0 Å². The van der Waals surface area contributed by atoms with Gasteiger partial charge in [-0.3, -0.25) is 0 Å². The third kappa shape index (κ3) is 3.44. The zero-order valence-electron chi connectivity index (χ0n) is 15.5. The number of hydrogen-bond donors (Lipinski definition) is 2. The molecule has 0 amide bonds. The number of hydrogen-bond acceptors (Lipinski definition) is 3. The first-order chi connectivity index (χ1) is 13.0. The van der Waals surface area contributed by atoms with E-state index >= 15 is 0 Å². The highest BCUT2D eigenvalue weighted by atomic mass is 19.1. The molecule has 3 N–H and O–H groups in total. The summed E-state index contributed by atoms with van der Waals surface area (Å²) < 4.78 is 19.3. The van der Waals surface area contributed by atoms with Gasteiger partial charge in [0.1, 0.15) is 17.3 Å². The third-order valence-electron chi connectivity index (χ3n) is 5.56. The first kappa shape index (κ1) is 17.7. The summed E-state index contributed by atoms with van der Waals surface area (Å²) in [5.41, 5.74) is 11.1. The Bertz CT molecular complexity index is 939. The van der Waals surface area contributed by atoms with Gasteiger partial charge in [0.25, 0.3) is 0 Å². The molecule has 2 aromatic carbocycles. The molecule has 3 nitrogen and oxygen atoms in total. The van der Waals surface area contributed by atoms with Crippen LogP contribution in [0.2, 0.25) is 0 Å². The van der Waals surface area contributed by atoms with E-state index in [1.165, 1.54) is 12.1 Å². The van der Waals surface area contributed by atoms with Crippen LogP contribution in [-0.2, 0) is 0 Å². The molecule has 1 saturated carbocycles. The Labute approximate surface area is 159 Å². The minimum atomic E-state index is -0.371. The molecular formula is C23H24FNO2. The number of halogens is 1. The van der Waals surface area contributed by atoms with Gasteiger partial charge in [-0.1, -0.05) is 13.0 Å². The van der Waals surface area contributed by atoms with E-state index in [1.54, 1.807) is 12.1 Å². The molecule has 140 valence electrons. The summed E-state index contributed by atoms with van der Waals surface area (Å²) in [5, 5.41) is 10.6. The SMILES string of the molecule is CC1CCOc2ccc(/C(=C\C(O)=C3CCC3)c3ccc(F)cc3N)cc21. The van der Waals surface area contributed by atoms with E-state index in [4.69, 9.17) is 10.5 Å². The molecule has 1 fully saturated rings. The minimum absolute atomic E-state index is 0.294. The first-order valence-electron chi connectivity index (χ1n) is 9.48. The van der Waals surface area contributed by atoms with Crippen molar-refractivity contribution in [2.45, 2.75) is 38.5 Å². The molecule has 4 rings (SSSR count). The van der Waals surface area contributed by atoms with Gasteiger partial charge in [-0.15, -0.1) is 0 Å². The zero-order chi connectivity index (χ0) is 19.0. The van der Waals surface area contributed by atoms with Crippen molar-refractivity contribution in [3.05, 3.63) is 76.3 Å². The zero-order valence-corrected chi connectivity index (χ0v) is 15.5. The lowest BCUT2D eigenvalue weighted by Crippen LogP contribution is -2.12. The van der Waals surface area contributed by atoms with E-state index in [0.29, 0.717) is 22.9 Å². The summed E-state index contributed by atoms with van der Waals surface area (Å²) in [7, 11) is 0. The quantitative estimate of drug-likeness (QED) is 0.540. The van der Waals surface area contributed by atoms with E-state index in [9.17, 15) is 9.50 Å². The predicted molar refractivity (Wildman–Crippen MR) is 106 cm³/mol. The predicted octanol–water partition coefficient (Wildman–Crippen LogP) is 5.72. The lowest BCUT2D eigenvalue weighted by molar-refractivity contribution is 0.272. The van der Waals surface area contributed by atoms with Crippen molar-refractivity contribution in [2.75, 3.05) is 12.3 Å². The van der Waals surface area contributed by atoms with Crippen LogP contribution >= 0.6 is 0 Å². The summed E-state index contributed by atoms with van der Waals surface area (Å²) in [6.45, 7) is 2.92. The Balaban J connectivity index is 1.86. The highest BCUT2D eigenvalue weighted by Crippen LogP contribution is 2.38. The number of nitrogens with two attached hydrogens (primary N) is 1. The fourth-order valence-corrected chi connectivity index (χ4v) is 3.68. The van der Waals surface area contributed by atoms with Gasteiger partial charge >= 0.3 is 0 Å². The molecule has 0 radical (unpaired) electrons. The van der Waals surface area contributed by atoms with Crippen molar-refractivity contribution in [3.63, 3.8) is 0 Å². The largest absolute Gasteiger partial charge is 0.508 e. The number of benzene rings is 2. The fraction of sp³-hybridized carbons (Fsp3) is 0.304. The van der Waals surface area contributed by atoms with Gasteiger partial charge in [-0.25, -0.2) is 4.39 Å². The number of fused-ring (bicyclic) bond motifs is 1. The monoisotopic (exact) mass is 365 g/mol. The van der Waals surface area contributed by atoms with Crippen molar-refractivity contribution < 1.29 is 14.2 Å². The van der Waals surface area contributed by atoms with Crippen LogP contribution in [0.4, 0.5) is 10.1 Å². The summed E-state index contributed by atoms with van der Waals surface area (Å²) in [4.78, 5) is 0. The maximum atomic E-state index is 13.6. The van der Waals surface area contributed by atoms with Crippen LogP contribution in [0, 0.1) is 5.82 Å². The van der Waals surface area contributed by atoms with Gasteiger partial charge in [0.15, 0.2) is 0 Å². The van der Waals surface area contributed by atoms with Crippen LogP contribution in [0.25, 0.3) is 5.57 Å². The van der Waals surface area contributed by atoms with Gasteiger partial charge in [0.05, 0.1) is 6.61 Å². The number of aliphatic hydroxyl groups excluding tert-OH is 1. The summed E-state index contributed by atoms with van der Waals surface area (Å²) in [5.74, 6) is 1.23. The maximum absolute atomic E-state index is 13.6. The number of ether oxygens (including phenoxy) is 1. The van der Waals surface area contributed by atoms with Crippen molar-refractivity contribution in [1.29, 1.82) is 0 Å². The smallest absolute Gasteiger partial charge is 0.125 e. The fourth-order valence-electron chi connectivity index (χ4n) is 3.68. The molecule has 1 aliphatic carbocycles. The number of anilines is 1. The van der Waals surface area contributed by atoms with Crippen molar-refractivity contribution in [1.82, 2.24) is 0 Å². The van der Waals surface area contributed by atoms with Crippen LogP contribution in [-0.4, -0.2) is 11.7 Å². The van der Waals surface area contributed by atoms with Crippen molar-refractivity contribution in [3.8, 4) is 5.75 Å². The average molecular weight is 365 g/mol. The summed E-state index contributed by atoms with van der Waals surface area (Å²) in [6.07, 6.45) is 5.69. The molecule has 4 heteroatoms. The first-order valence-corrected chi connectivity index (χ1v) is 9.48. The van der Waals surface area contributed by atoms with E-state index < -0.39 is 0 Å². The van der Waals surface area contributed by atoms with E-state index in [2.05, 4.69) is 13.0 Å². The highest BCUT2D eigenvalue weighted by Gasteiger charge is 2.20. The molecule has 0 spiro atoms. The van der Waals surface area contributed by atoms with Gasteiger partial charge in [0, 0.05) is 11.3 Å². The summed E-state index contributed by atoms with van der Waals surface area (Å²) >= 11 is 0. The normalized spacial score (nSPS) is 19.1. The summed E-state index contributed by atoms with van der Waals surface area (Å²) in [6, 6.07) is 10.4. The highest BCUT2D eigenvalue weighted by molar-refractivity contribution is 5.87. The van der Waals surface area contributed by atoms with Gasteiger partial charge in [0.2, 0.25) is 0 Å². The molecule has 1 heterocycles. The third-order valence-corrected chi connectivity index (χ3v) is 5.56. The molecule has 2 aliphatic rings. The van der Waals surface area contributed by atoms with Crippen molar-refractivity contribution >= 4 is 11.3 Å². The Morgan fingerprint density at radius 3 is 2.74 bits per heavy atom. The Morgan fingerprint density at radius 2 is 2.04 bits per heavy atom. The number of allylic oxidation sites excluding steroid dienone is 2. The number of nitrogen functional groups attached to an aromatic ring is 1. The second kappa shape index (κ2) is 7.10. The Kier molecular flexibility index (Phi) is 4.65. The van der Waals surface area contributed by atoms with Crippen LogP contribution in [0.3, 0.4) is 0 Å². The topological polar surface area (TPSA) is 55.5 Å². The second-order valence-corrected chi connectivity index (χ2v) is 7.42. The van der Waals surface area contributed by atoms with Crippen LogP contribution in [0.15, 0.2) is 53.8 Å². The molecule has 1 unspecified atom stereocenters. The molecular weight excluding hydrogens is 341 g/mol. The van der Waals surface area contributed by atoms with Crippen LogP contribution in [0.1, 0.15) is 55.2 Å². The minimum Gasteiger partial charge on any atom is -0.508 e. The van der Waals surface area contributed by atoms with E-state index in [-0.39, 0.29) is 5.82 Å². The molecule has 0 saturated heterocycles. The Hall–Kier alpha value is -2.75. The molecule has 0 aromatic heterocycles. The molecule has 1 atom stereocenters. The second-order valence-electron chi connectivity index (χ2n) is 7.42. The van der Waals surface area contributed by atoms with Crippen LogP contribution < -0.4 is 10.5 Å². The van der Waals surface area contributed by atoms with E-state index in [0.717, 1.165) is 60.3 Å². The number of rotatable bonds is 3. The molecule has 27 heavy (non-hydrogen) atoms. The lowest BCUT2D eigenvalue weighted by atomic mass is 9.87. The Morgan fingerprint density at radius 1 is 1.22 bits per heavy atom. The molecule has 2 aromatic rings. The average Bonchev–Trinajstić information content (AvgIpc) is 2.59. The maximum Gasteiger partial charge on any atom is 0.125 e. The van der Waals surface area contributed by atoms with E-state index in [1.807, 2.05) is 12.1 Å². The van der Waals surface area contributed by atoms with Gasteiger partial charge in [-0.2, -0.15) is 0 Å². The van der Waals surface area contributed by atoms with Gasteiger partial charge in [-0.05, 0) is 90.3 Å². The molecule has 1 aliphatic heterocycles. The standard InChI is InChI=1S/C23H24FNO2/c1-14-9-10-27-23-8-5-16(11-19(14)23)20(13-22(26)15-3-2-4-15)18-7-6-17(24)12-21(18)25/h5-8,11-14,26H,2-4,9-10,25H2,1H3/b20-13+. The number of aliphatic hydroxyl groups is 1. The molecule has 0 bridgehead atoms.